The van der Waals surface area contributed by atoms with Gasteiger partial charge in [0.15, 0.2) is 0 Å². The van der Waals surface area contributed by atoms with E-state index < -0.39 is 18.0 Å². The van der Waals surface area contributed by atoms with Crippen molar-refractivity contribution in [2.24, 2.45) is 0 Å². The highest BCUT2D eigenvalue weighted by atomic mass is 79.9. The van der Waals surface area contributed by atoms with Gasteiger partial charge in [-0.1, -0.05) is 12.1 Å². The molecule has 0 heterocycles. The maximum Gasteiger partial charge on any atom is 0.319 e. The number of aliphatic carboxylic acids is 1. The molecule has 1 unspecified atom stereocenters. The molecule has 1 aromatic carbocycles. The summed E-state index contributed by atoms with van der Waals surface area (Å²) in [5.74, 6) is -0.946. The Morgan fingerprint density at radius 3 is 2.65 bits per heavy atom. The molecule has 92 valence electrons. The number of hydrogen-bond donors (Lipinski definition) is 3. The van der Waals surface area contributed by atoms with Crippen LogP contribution in [0.15, 0.2) is 28.7 Å². The van der Waals surface area contributed by atoms with Crippen molar-refractivity contribution in [3.63, 3.8) is 0 Å². The van der Waals surface area contributed by atoms with Crippen LogP contribution in [0.1, 0.15) is 13.3 Å². The van der Waals surface area contributed by atoms with E-state index in [9.17, 15) is 9.59 Å². The van der Waals surface area contributed by atoms with E-state index in [-0.39, 0.29) is 6.42 Å². The molecule has 0 radical (unpaired) electrons. The molecule has 0 saturated carbocycles. The molecule has 5 nitrogen and oxygen atoms in total. The van der Waals surface area contributed by atoms with Crippen molar-refractivity contribution in [1.82, 2.24) is 5.32 Å². The summed E-state index contributed by atoms with van der Waals surface area (Å²) in [6.07, 6.45) is -0.108. The van der Waals surface area contributed by atoms with Gasteiger partial charge in [0.2, 0.25) is 0 Å². The first-order valence-corrected chi connectivity index (χ1v) is 5.82. The van der Waals surface area contributed by atoms with Gasteiger partial charge >= 0.3 is 12.0 Å². The fourth-order valence-corrected chi connectivity index (χ4v) is 1.64. The van der Waals surface area contributed by atoms with E-state index in [2.05, 4.69) is 26.6 Å². The highest BCUT2D eigenvalue weighted by molar-refractivity contribution is 9.10. The SMILES string of the molecule is CC(CC(=O)O)NC(=O)Nc1ccccc1Br. The van der Waals surface area contributed by atoms with Crippen LogP contribution in [0, 0.1) is 0 Å². The molecule has 0 aliphatic rings. The first-order chi connectivity index (χ1) is 7.99. The van der Waals surface area contributed by atoms with Gasteiger partial charge in [0.25, 0.3) is 0 Å². The van der Waals surface area contributed by atoms with Crippen LogP contribution in [0.25, 0.3) is 0 Å². The summed E-state index contributed by atoms with van der Waals surface area (Å²) in [6, 6.07) is 6.32. The van der Waals surface area contributed by atoms with Gasteiger partial charge in [-0.2, -0.15) is 0 Å². The lowest BCUT2D eigenvalue weighted by molar-refractivity contribution is -0.137. The van der Waals surface area contributed by atoms with E-state index in [4.69, 9.17) is 5.11 Å². The molecule has 17 heavy (non-hydrogen) atoms. The molecule has 0 fully saturated rings. The van der Waals surface area contributed by atoms with E-state index in [1.54, 1.807) is 25.1 Å². The number of benzene rings is 1. The molecule has 0 aromatic heterocycles. The van der Waals surface area contributed by atoms with Crippen molar-refractivity contribution >= 4 is 33.6 Å². The summed E-state index contributed by atoms with van der Waals surface area (Å²) in [4.78, 5) is 21.9. The number of nitrogens with one attached hydrogen (secondary N) is 2. The lowest BCUT2D eigenvalue weighted by Crippen LogP contribution is -2.37. The van der Waals surface area contributed by atoms with Gasteiger partial charge in [0, 0.05) is 10.5 Å². The Morgan fingerprint density at radius 2 is 2.06 bits per heavy atom. The number of amides is 2. The Hall–Kier alpha value is -1.56. The smallest absolute Gasteiger partial charge is 0.319 e. The summed E-state index contributed by atoms with van der Waals surface area (Å²) in [6.45, 7) is 1.63. The van der Waals surface area contributed by atoms with Gasteiger partial charge in [0.1, 0.15) is 0 Å². The highest BCUT2D eigenvalue weighted by Gasteiger charge is 2.11. The zero-order valence-electron chi connectivity index (χ0n) is 9.24. The van der Waals surface area contributed by atoms with Crippen LogP contribution in [0.3, 0.4) is 0 Å². The molecular formula is C11H13BrN2O3. The Balaban J connectivity index is 2.50. The summed E-state index contributed by atoms with van der Waals surface area (Å²) < 4.78 is 0.765. The average molecular weight is 301 g/mol. The molecular weight excluding hydrogens is 288 g/mol. The molecule has 0 aliphatic heterocycles. The number of carbonyl (C=O) groups is 2. The predicted octanol–water partition coefficient (Wildman–Crippen LogP) is 2.43. The first kappa shape index (κ1) is 13.5. The van der Waals surface area contributed by atoms with Crippen LogP contribution in [0.4, 0.5) is 10.5 Å². The van der Waals surface area contributed by atoms with E-state index in [1.165, 1.54) is 0 Å². The van der Waals surface area contributed by atoms with E-state index in [0.29, 0.717) is 5.69 Å². The third-order valence-corrected chi connectivity index (χ3v) is 2.67. The molecule has 0 spiro atoms. The Kier molecular flexibility index (Phi) is 4.96. The fourth-order valence-electron chi connectivity index (χ4n) is 1.26. The first-order valence-electron chi connectivity index (χ1n) is 5.03. The summed E-state index contributed by atoms with van der Waals surface area (Å²) in [5, 5.41) is 13.7. The Labute approximate surface area is 107 Å². The van der Waals surface area contributed by atoms with Crippen LogP contribution in [-0.4, -0.2) is 23.1 Å². The van der Waals surface area contributed by atoms with E-state index in [1.807, 2.05) is 6.07 Å². The van der Waals surface area contributed by atoms with Crippen molar-refractivity contribution in [2.75, 3.05) is 5.32 Å². The van der Waals surface area contributed by atoms with Crippen molar-refractivity contribution in [1.29, 1.82) is 0 Å². The third kappa shape index (κ3) is 4.86. The minimum Gasteiger partial charge on any atom is -0.481 e. The van der Waals surface area contributed by atoms with Crippen molar-refractivity contribution in [3.8, 4) is 0 Å². The van der Waals surface area contributed by atoms with Gasteiger partial charge in [0.05, 0.1) is 12.1 Å². The molecule has 0 saturated heterocycles. The number of anilines is 1. The van der Waals surface area contributed by atoms with Crippen LogP contribution in [0.5, 0.6) is 0 Å². The van der Waals surface area contributed by atoms with Crippen molar-refractivity contribution in [2.45, 2.75) is 19.4 Å². The number of rotatable bonds is 4. The number of para-hydroxylation sites is 1. The van der Waals surface area contributed by atoms with Crippen molar-refractivity contribution < 1.29 is 14.7 Å². The van der Waals surface area contributed by atoms with Crippen molar-refractivity contribution in [3.05, 3.63) is 28.7 Å². The van der Waals surface area contributed by atoms with Crippen LogP contribution < -0.4 is 10.6 Å². The maximum atomic E-state index is 11.5. The molecule has 0 aliphatic carbocycles. The topological polar surface area (TPSA) is 78.4 Å². The molecule has 0 bridgehead atoms. The number of halogens is 1. The molecule has 6 heteroatoms. The highest BCUT2D eigenvalue weighted by Crippen LogP contribution is 2.20. The minimum atomic E-state index is -0.946. The third-order valence-electron chi connectivity index (χ3n) is 1.98. The average Bonchev–Trinajstić information content (AvgIpc) is 2.19. The second-order valence-corrected chi connectivity index (χ2v) is 4.43. The van der Waals surface area contributed by atoms with Gasteiger partial charge in [-0.15, -0.1) is 0 Å². The summed E-state index contributed by atoms with van der Waals surface area (Å²) in [5.41, 5.74) is 0.632. The second kappa shape index (κ2) is 6.24. The zero-order chi connectivity index (χ0) is 12.8. The largest absolute Gasteiger partial charge is 0.481 e. The lowest BCUT2D eigenvalue weighted by Gasteiger charge is -2.13. The Bertz CT molecular complexity index is 423. The number of hydrogen-bond acceptors (Lipinski definition) is 2. The van der Waals surface area contributed by atoms with Crippen LogP contribution in [-0.2, 0) is 4.79 Å². The number of carboxylic acid groups (broad SMARTS) is 1. The minimum absolute atomic E-state index is 0.108. The molecule has 1 aromatic rings. The molecule has 2 amide bonds. The number of carbonyl (C=O) groups excluding carboxylic acids is 1. The fraction of sp³-hybridized carbons (Fsp3) is 0.273. The Morgan fingerprint density at radius 1 is 1.41 bits per heavy atom. The molecule has 1 atom stereocenters. The normalized spacial score (nSPS) is 11.6. The number of urea groups is 1. The lowest BCUT2D eigenvalue weighted by atomic mass is 10.2. The zero-order valence-corrected chi connectivity index (χ0v) is 10.8. The number of carboxylic acids is 1. The van der Waals surface area contributed by atoms with E-state index >= 15 is 0 Å². The van der Waals surface area contributed by atoms with E-state index in [0.717, 1.165) is 4.47 Å². The van der Waals surface area contributed by atoms with Gasteiger partial charge < -0.3 is 15.7 Å². The second-order valence-electron chi connectivity index (χ2n) is 3.58. The quantitative estimate of drug-likeness (QED) is 0.799. The monoisotopic (exact) mass is 300 g/mol. The standard InChI is InChI=1S/C11H13BrN2O3/c1-7(6-10(15)16)13-11(17)14-9-5-3-2-4-8(9)12/h2-5,7H,6H2,1H3,(H,15,16)(H2,13,14,17). The summed E-state index contributed by atoms with van der Waals surface area (Å²) in [7, 11) is 0. The molecule has 1 rings (SSSR count). The molecule has 3 N–H and O–H groups in total. The van der Waals surface area contributed by atoms with Gasteiger partial charge in [-0.25, -0.2) is 4.79 Å². The summed E-state index contributed by atoms with van der Waals surface area (Å²) >= 11 is 3.29. The van der Waals surface area contributed by atoms with Gasteiger partial charge in [-0.3, -0.25) is 4.79 Å². The van der Waals surface area contributed by atoms with Crippen LogP contribution >= 0.6 is 15.9 Å². The van der Waals surface area contributed by atoms with Gasteiger partial charge in [-0.05, 0) is 35.0 Å². The van der Waals surface area contributed by atoms with Crippen LogP contribution in [0.2, 0.25) is 0 Å². The maximum absolute atomic E-state index is 11.5. The predicted molar refractivity (Wildman–Crippen MR) is 68.0 cm³/mol.